The topological polar surface area (TPSA) is 30.5 Å². The Labute approximate surface area is 87.0 Å². The van der Waals surface area contributed by atoms with Gasteiger partial charge < -0.3 is 14.8 Å². The van der Waals surface area contributed by atoms with Crippen LogP contribution in [0.4, 0.5) is 8.78 Å². The van der Waals surface area contributed by atoms with Crippen LogP contribution in [0, 0.1) is 0 Å². The van der Waals surface area contributed by atoms with Crippen molar-refractivity contribution in [3.05, 3.63) is 23.8 Å². The van der Waals surface area contributed by atoms with E-state index in [-0.39, 0.29) is 5.75 Å². The van der Waals surface area contributed by atoms with Crippen molar-refractivity contribution in [2.75, 3.05) is 14.2 Å². The molecule has 1 rings (SSSR count). The molecule has 1 aromatic carbocycles. The van der Waals surface area contributed by atoms with Crippen LogP contribution in [0.2, 0.25) is 0 Å². The summed E-state index contributed by atoms with van der Waals surface area (Å²) in [5.41, 5.74) is 0.636. The SMILES string of the molecule is CNCc1cc(OC)ccc1OC(F)F. The first-order chi connectivity index (χ1) is 7.17. The van der Waals surface area contributed by atoms with Gasteiger partial charge in [-0.05, 0) is 25.2 Å². The van der Waals surface area contributed by atoms with Gasteiger partial charge in [-0.3, -0.25) is 0 Å². The van der Waals surface area contributed by atoms with Crippen molar-refractivity contribution < 1.29 is 18.3 Å². The molecule has 1 N–H and O–H groups in total. The number of nitrogens with one attached hydrogen (secondary N) is 1. The molecule has 15 heavy (non-hydrogen) atoms. The second kappa shape index (κ2) is 5.50. The van der Waals surface area contributed by atoms with Crippen molar-refractivity contribution >= 4 is 0 Å². The highest BCUT2D eigenvalue weighted by Crippen LogP contribution is 2.25. The largest absolute Gasteiger partial charge is 0.497 e. The molecule has 0 amide bonds. The molecule has 0 aliphatic carbocycles. The second-order valence-electron chi connectivity index (χ2n) is 2.88. The minimum atomic E-state index is -2.81. The van der Waals surface area contributed by atoms with Gasteiger partial charge in [0.1, 0.15) is 11.5 Å². The summed E-state index contributed by atoms with van der Waals surface area (Å²) in [4.78, 5) is 0. The molecule has 0 unspecified atom stereocenters. The van der Waals surface area contributed by atoms with E-state index >= 15 is 0 Å². The average molecular weight is 217 g/mol. The lowest BCUT2D eigenvalue weighted by Gasteiger charge is -2.11. The van der Waals surface area contributed by atoms with E-state index in [4.69, 9.17) is 4.74 Å². The van der Waals surface area contributed by atoms with Gasteiger partial charge in [-0.25, -0.2) is 0 Å². The third-order valence-corrected chi connectivity index (χ3v) is 1.85. The second-order valence-corrected chi connectivity index (χ2v) is 2.88. The van der Waals surface area contributed by atoms with Crippen LogP contribution in [0.5, 0.6) is 11.5 Å². The Balaban J connectivity index is 2.92. The Kier molecular flexibility index (Phi) is 4.30. The number of halogens is 2. The van der Waals surface area contributed by atoms with Gasteiger partial charge in [0.15, 0.2) is 0 Å². The number of rotatable bonds is 5. The first-order valence-electron chi connectivity index (χ1n) is 4.43. The molecule has 84 valence electrons. The lowest BCUT2D eigenvalue weighted by molar-refractivity contribution is -0.0505. The minimum Gasteiger partial charge on any atom is -0.497 e. The maximum absolute atomic E-state index is 12.0. The zero-order valence-electron chi connectivity index (χ0n) is 8.59. The van der Waals surface area contributed by atoms with Crippen molar-refractivity contribution in [2.24, 2.45) is 0 Å². The number of methoxy groups -OCH3 is 1. The van der Waals surface area contributed by atoms with Crippen LogP contribution >= 0.6 is 0 Å². The summed E-state index contributed by atoms with van der Waals surface area (Å²) in [6.07, 6.45) is 0. The van der Waals surface area contributed by atoms with E-state index in [1.165, 1.54) is 13.2 Å². The van der Waals surface area contributed by atoms with E-state index in [2.05, 4.69) is 10.1 Å². The van der Waals surface area contributed by atoms with Crippen LogP contribution in [0.25, 0.3) is 0 Å². The Hall–Kier alpha value is -1.36. The Bertz CT molecular complexity index is 318. The maximum atomic E-state index is 12.0. The van der Waals surface area contributed by atoms with Gasteiger partial charge in [0.2, 0.25) is 0 Å². The van der Waals surface area contributed by atoms with E-state index in [9.17, 15) is 8.78 Å². The molecule has 0 spiro atoms. The highest BCUT2D eigenvalue weighted by atomic mass is 19.3. The Morgan fingerprint density at radius 3 is 2.67 bits per heavy atom. The normalized spacial score (nSPS) is 10.5. The summed E-state index contributed by atoms with van der Waals surface area (Å²) in [5.74, 6) is 0.780. The third-order valence-electron chi connectivity index (χ3n) is 1.85. The minimum absolute atomic E-state index is 0.167. The van der Waals surface area contributed by atoms with Crippen molar-refractivity contribution in [3.63, 3.8) is 0 Å². The van der Waals surface area contributed by atoms with Gasteiger partial charge in [-0.1, -0.05) is 0 Å². The summed E-state index contributed by atoms with van der Waals surface area (Å²) in [5, 5.41) is 2.87. The summed E-state index contributed by atoms with van der Waals surface area (Å²) in [6.45, 7) is -2.37. The number of hydrogen-bond acceptors (Lipinski definition) is 3. The first-order valence-corrected chi connectivity index (χ1v) is 4.43. The summed E-state index contributed by atoms with van der Waals surface area (Å²) >= 11 is 0. The third kappa shape index (κ3) is 3.36. The molecule has 0 radical (unpaired) electrons. The van der Waals surface area contributed by atoms with E-state index in [0.29, 0.717) is 17.9 Å². The van der Waals surface area contributed by atoms with Gasteiger partial charge in [-0.2, -0.15) is 8.78 Å². The fraction of sp³-hybridized carbons (Fsp3) is 0.400. The van der Waals surface area contributed by atoms with Crippen LogP contribution in [0.1, 0.15) is 5.56 Å². The smallest absolute Gasteiger partial charge is 0.387 e. The fourth-order valence-electron chi connectivity index (χ4n) is 1.22. The molecule has 0 saturated carbocycles. The summed E-state index contributed by atoms with van der Waals surface area (Å²) in [7, 11) is 3.25. The summed E-state index contributed by atoms with van der Waals surface area (Å²) in [6, 6.07) is 4.71. The van der Waals surface area contributed by atoms with Gasteiger partial charge in [-0.15, -0.1) is 0 Å². The molecule has 0 atom stereocenters. The highest BCUT2D eigenvalue weighted by Gasteiger charge is 2.09. The van der Waals surface area contributed by atoms with Crippen molar-refractivity contribution in [1.82, 2.24) is 5.32 Å². The predicted octanol–water partition coefficient (Wildman–Crippen LogP) is 2.02. The van der Waals surface area contributed by atoms with Crippen molar-refractivity contribution in [3.8, 4) is 11.5 Å². The monoisotopic (exact) mass is 217 g/mol. The van der Waals surface area contributed by atoms with Gasteiger partial charge in [0.25, 0.3) is 0 Å². The zero-order valence-corrected chi connectivity index (χ0v) is 8.59. The van der Waals surface area contributed by atoms with Crippen LogP contribution in [-0.4, -0.2) is 20.8 Å². The molecule has 0 bridgehead atoms. The maximum Gasteiger partial charge on any atom is 0.387 e. The van der Waals surface area contributed by atoms with E-state index in [1.807, 2.05) is 0 Å². The number of benzene rings is 1. The molecule has 5 heteroatoms. The average Bonchev–Trinajstić information content (AvgIpc) is 2.20. The summed E-state index contributed by atoms with van der Waals surface area (Å²) < 4.78 is 33.5. The number of alkyl halides is 2. The van der Waals surface area contributed by atoms with Gasteiger partial charge in [0.05, 0.1) is 7.11 Å². The molecule has 0 saturated heterocycles. The molecule has 0 heterocycles. The zero-order chi connectivity index (χ0) is 11.3. The number of hydrogen-bond donors (Lipinski definition) is 1. The molecular formula is C10H13F2NO2. The first kappa shape index (κ1) is 11.7. The van der Waals surface area contributed by atoms with Crippen molar-refractivity contribution in [1.29, 1.82) is 0 Å². The number of ether oxygens (including phenoxy) is 2. The molecule has 0 aliphatic heterocycles. The van der Waals surface area contributed by atoms with Crippen LogP contribution in [-0.2, 0) is 6.54 Å². The van der Waals surface area contributed by atoms with Gasteiger partial charge >= 0.3 is 6.61 Å². The standard InChI is InChI=1S/C10H13F2NO2/c1-13-6-7-5-8(14-2)3-4-9(7)15-10(11)12/h3-5,10,13H,6H2,1-2H3. The molecule has 3 nitrogen and oxygen atoms in total. The van der Waals surface area contributed by atoms with E-state index in [0.717, 1.165) is 0 Å². The highest BCUT2D eigenvalue weighted by molar-refractivity contribution is 5.40. The molecule has 0 fully saturated rings. The lowest BCUT2D eigenvalue weighted by Crippen LogP contribution is -2.10. The Morgan fingerprint density at radius 1 is 1.40 bits per heavy atom. The predicted molar refractivity (Wildman–Crippen MR) is 52.4 cm³/mol. The van der Waals surface area contributed by atoms with Crippen LogP contribution in [0.15, 0.2) is 18.2 Å². The Morgan fingerprint density at radius 2 is 2.13 bits per heavy atom. The van der Waals surface area contributed by atoms with E-state index in [1.54, 1.807) is 19.2 Å². The quantitative estimate of drug-likeness (QED) is 0.818. The molecular weight excluding hydrogens is 204 g/mol. The lowest BCUT2D eigenvalue weighted by atomic mass is 10.2. The van der Waals surface area contributed by atoms with Crippen molar-refractivity contribution in [2.45, 2.75) is 13.2 Å². The molecule has 0 aromatic heterocycles. The molecule has 0 aliphatic rings. The van der Waals surface area contributed by atoms with Crippen LogP contribution < -0.4 is 14.8 Å². The van der Waals surface area contributed by atoms with Gasteiger partial charge in [0, 0.05) is 12.1 Å². The van der Waals surface area contributed by atoms with Crippen LogP contribution in [0.3, 0.4) is 0 Å². The molecule has 1 aromatic rings. The van der Waals surface area contributed by atoms with E-state index < -0.39 is 6.61 Å². The fourth-order valence-corrected chi connectivity index (χ4v) is 1.22.